The average molecular weight is 282 g/mol. The van der Waals surface area contributed by atoms with Gasteiger partial charge in [0.1, 0.15) is 0 Å². The maximum Gasteiger partial charge on any atom is 0.0446 e. The van der Waals surface area contributed by atoms with Crippen molar-refractivity contribution in [1.29, 1.82) is 0 Å². The van der Waals surface area contributed by atoms with Crippen LogP contribution in [0.3, 0.4) is 0 Å². The van der Waals surface area contributed by atoms with Crippen LogP contribution in [0.4, 0.5) is 5.69 Å². The van der Waals surface area contributed by atoms with Crippen LogP contribution in [0.25, 0.3) is 10.8 Å². The van der Waals surface area contributed by atoms with Crippen LogP contribution in [0, 0.1) is 0 Å². The number of nitrogens with zero attached hydrogens (tertiary/aromatic N) is 1. The van der Waals surface area contributed by atoms with Gasteiger partial charge in [-0.2, -0.15) is 0 Å². The van der Waals surface area contributed by atoms with Crippen molar-refractivity contribution in [3.63, 3.8) is 0 Å². The number of nitrogens with one attached hydrogen (secondary N) is 1. The van der Waals surface area contributed by atoms with Gasteiger partial charge in [0, 0.05) is 29.7 Å². The van der Waals surface area contributed by atoms with Gasteiger partial charge in [-0.3, -0.25) is 0 Å². The standard InChI is InChI=1S/C19H26N2/c1-3-21(15-19(2)13-6-7-14-20-19)18-12-8-10-16-9-4-5-11-17(16)18/h4-5,8-12,20H,3,6-7,13-15H2,1-2H3. The van der Waals surface area contributed by atoms with Crippen LogP contribution in [-0.2, 0) is 0 Å². The van der Waals surface area contributed by atoms with E-state index in [1.54, 1.807) is 0 Å². The molecule has 0 aliphatic carbocycles. The Bertz CT molecular complexity index is 594. The first-order valence-corrected chi connectivity index (χ1v) is 8.20. The van der Waals surface area contributed by atoms with E-state index in [4.69, 9.17) is 0 Å². The molecule has 1 N–H and O–H groups in total. The molecule has 1 heterocycles. The summed E-state index contributed by atoms with van der Waals surface area (Å²) in [5.74, 6) is 0. The smallest absolute Gasteiger partial charge is 0.0446 e. The van der Waals surface area contributed by atoms with E-state index >= 15 is 0 Å². The molecule has 0 amide bonds. The molecule has 2 heteroatoms. The van der Waals surface area contributed by atoms with Crippen molar-refractivity contribution < 1.29 is 0 Å². The summed E-state index contributed by atoms with van der Waals surface area (Å²) in [5, 5.41) is 6.43. The Morgan fingerprint density at radius 2 is 1.90 bits per heavy atom. The fourth-order valence-corrected chi connectivity index (χ4v) is 3.53. The van der Waals surface area contributed by atoms with E-state index in [-0.39, 0.29) is 5.54 Å². The first kappa shape index (κ1) is 14.4. The number of hydrogen-bond acceptors (Lipinski definition) is 2. The molecular weight excluding hydrogens is 256 g/mol. The SMILES string of the molecule is CCN(CC1(C)CCCCN1)c1cccc2ccccc12. The summed E-state index contributed by atoms with van der Waals surface area (Å²) in [6, 6.07) is 15.3. The Kier molecular flexibility index (Phi) is 4.16. The van der Waals surface area contributed by atoms with Gasteiger partial charge in [-0.1, -0.05) is 42.8 Å². The molecule has 0 aromatic heterocycles. The molecular formula is C19H26N2. The molecule has 0 bridgehead atoms. The van der Waals surface area contributed by atoms with Crippen LogP contribution in [0.15, 0.2) is 42.5 Å². The molecule has 2 nitrogen and oxygen atoms in total. The monoisotopic (exact) mass is 282 g/mol. The van der Waals surface area contributed by atoms with Crippen molar-refractivity contribution in [2.24, 2.45) is 0 Å². The normalized spacial score (nSPS) is 22.4. The maximum absolute atomic E-state index is 3.74. The molecule has 0 saturated carbocycles. The second-order valence-electron chi connectivity index (χ2n) is 6.46. The van der Waals surface area contributed by atoms with Crippen molar-refractivity contribution in [3.05, 3.63) is 42.5 Å². The lowest BCUT2D eigenvalue weighted by molar-refractivity contribution is 0.281. The summed E-state index contributed by atoms with van der Waals surface area (Å²) in [6.07, 6.45) is 3.93. The Labute approximate surface area is 128 Å². The molecule has 1 aliphatic rings. The number of benzene rings is 2. The number of anilines is 1. The highest BCUT2D eigenvalue weighted by molar-refractivity contribution is 5.94. The quantitative estimate of drug-likeness (QED) is 0.904. The molecule has 3 rings (SSSR count). The van der Waals surface area contributed by atoms with Crippen molar-refractivity contribution in [2.75, 3.05) is 24.5 Å². The van der Waals surface area contributed by atoms with Crippen LogP contribution >= 0.6 is 0 Å². The Hall–Kier alpha value is -1.54. The van der Waals surface area contributed by atoms with E-state index in [0.717, 1.165) is 19.6 Å². The van der Waals surface area contributed by atoms with Gasteiger partial charge in [-0.05, 0) is 44.7 Å². The average Bonchev–Trinajstić information content (AvgIpc) is 2.53. The Morgan fingerprint density at radius 3 is 2.67 bits per heavy atom. The van der Waals surface area contributed by atoms with Crippen LogP contribution < -0.4 is 10.2 Å². The summed E-state index contributed by atoms with van der Waals surface area (Å²) >= 11 is 0. The van der Waals surface area contributed by atoms with E-state index in [9.17, 15) is 0 Å². The molecule has 1 atom stereocenters. The van der Waals surface area contributed by atoms with Crippen LogP contribution in [0.2, 0.25) is 0 Å². The van der Waals surface area contributed by atoms with Gasteiger partial charge in [0.15, 0.2) is 0 Å². The molecule has 21 heavy (non-hydrogen) atoms. The predicted octanol–water partition coefficient (Wildman–Crippen LogP) is 4.20. The Balaban J connectivity index is 1.91. The van der Waals surface area contributed by atoms with Crippen molar-refractivity contribution in [1.82, 2.24) is 5.32 Å². The summed E-state index contributed by atoms with van der Waals surface area (Å²) in [4.78, 5) is 2.53. The summed E-state index contributed by atoms with van der Waals surface area (Å²) in [6.45, 7) is 7.92. The lowest BCUT2D eigenvalue weighted by Gasteiger charge is -2.40. The number of piperidine rings is 1. The minimum Gasteiger partial charge on any atom is -0.369 e. The highest BCUT2D eigenvalue weighted by Crippen LogP contribution is 2.29. The maximum atomic E-state index is 3.74. The van der Waals surface area contributed by atoms with Gasteiger partial charge in [0.05, 0.1) is 0 Å². The van der Waals surface area contributed by atoms with Crippen molar-refractivity contribution >= 4 is 16.5 Å². The molecule has 0 spiro atoms. The highest BCUT2D eigenvalue weighted by Gasteiger charge is 2.28. The molecule has 2 aromatic carbocycles. The van der Waals surface area contributed by atoms with E-state index in [1.807, 2.05) is 0 Å². The third-order valence-electron chi connectivity index (χ3n) is 4.74. The fraction of sp³-hybridized carbons (Fsp3) is 0.474. The van der Waals surface area contributed by atoms with E-state index < -0.39 is 0 Å². The highest BCUT2D eigenvalue weighted by atomic mass is 15.2. The van der Waals surface area contributed by atoms with Gasteiger partial charge in [0.2, 0.25) is 0 Å². The zero-order chi connectivity index (χ0) is 14.7. The summed E-state index contributed by atoms with van der Waals surface area (Å²) < 4.78 is 0. The van der Waals surface area contributed by atoms with Crippen LogP contribution in [0.5, 0.6) is 0 Å². The fourth-order valence-electron chi connectivity index (χ4n) is 3.53. The third kappa shape index (κ3) is 3.06. The lowest BCUT2D eigenvalue weighted by atomic mass is 9.90. The van der Waals surface area contributed by atoms with Crippen LogP contribution in [-0.4, -0.2) is 25.2 Å². The van der Waals surface area contributed by atoms with Crippen molar-refractivity contribution in [2.45, 2.75) is 38.6 Å². The zero-order valence-corrected chi connectivity index (χ0v) is 13.2. The van der Waals surface area contributed by atoms with Crippen molar-refractivity contribution in [3.8, 4) is 0 Å². The predicted molar refractivity (Wildman–Crippen MR) is 92.1 cm³/mol. The van der Waals surface area contributed by atoms with E-state index in [2.05, 4.69) is 66.5 Å². The third-order valence-corrected chi connectivity index (χ3v) is 4.74. The molecule has 1 aliphatic heterocycles. The lowest BCUT2D eigenvalue weighted by Crippen LogP contribution is -2.53. The van der Waals surface area contributed by atoms with Gasteiger partial charge in [0.25, 0.3) is 0 Å². The molecule has 1 fully saturated rings. The molecule has 1 unspecified atom stereocenters. The first-order chi connectivity index (χ1) is 10.2. The number of hydrogen-bond donors (Lipinski definition) is 1. The second kappa shape index (κ2) is 6.07. The summed E-state index contributed by atoms with van der Waals surface area (Å²) in [5.41, 5.74) is 1.61. The molecule has 112 valence electrons. The minimum absolute atomic E-state index is 0.241. The topological polar surface area (TPSA) is 15.3 Å². The number of fused-ring (bicyclic) bond motifs is 1. The Morgan fingerprint density at radius 1 is 1.10 bits per heavy atom. The minimum atomic E-state index is 0.241. The molecule has 2 aromatic rings. The zero-order valence-electron chi connectivity index (χ0n) is 13.2. The molecule has 1 saturated heterocycles. The largest absolute Gasteiger partial charge is 0.369 e. The van der Waals surface area contributed by atoms with Crippen LogP contribution in [0.1, 0.15) is 33.1 Å². The van der Waals surface area contributed by atoms with E-state index in [1.165, 1.54) is 35.7 Å². The number of likely N-dealkylation sites (N-methyl/N-ethyl adjacent to an activating group) is 1. The van der Waals surface area contributed by atoms with E-state index in [0.29, 0.717) is 0 Å². The second-order valence-corrected chi connectivity index (χ2v) is 6.46. The summed E-state index contributed by atoms with van der Waals surface area (Å²) in [7, 11) is 0. The van der Waals surface area contributed by atoms with Gasteiger partial charge in [-0.25, -0.2) is 0 Å². The molecule has 0 radical (unpaired) electrons. The van der Waals surface area contributed by atoms with Gasteiger partial charge in [-0.15, -0.1) is 0 Å². The number of rotatable bonds is 4. The van der Waals surface area contributed by atoms with Gasteiger partial charge >= 0.3 is 0 Å². The van der Waals surface area contributed by atoms with Gasteiger partial charge < -0.3 is 10.2 Å². The first-order valence-electron chi connectivity index (χ1n) is 8.20.